The largest absolute Gasteiger partial charge is 0.497 e. The maximum Gasteiger partial charge on any atom is 0.408 e. The molecule has 0 aliphatic carbocycles. The molecule has 0 bridgehead atoms. The van der Waals surface area contributed by atoms with Crippen LogP contribution in [0.3, 0.4) is 0 Å². The first-order chi connectivity index (χ1) is 12.9. The number of hydrogen-bond donors (Lipinski definition) is 1. The van der Waals surface area contributed by atoms with Gasteiger partial charge in [0.1, 0.15) is 17.1 Å². The van der Waals surface area contributed by atoms with Gasteiger partial charge in [0, 0.05) is 24.7 Å². The van der Waals surface area contributed by atoms with Gasteiger partial charge in [-0.05, 0) is 46.8 Å². The number of alkyl halides is 1. The predicted molar refractivity (Wildman–Crippen MR) is 112 cm³/mol. The van der Waals surface area contributed by atoms with Gasteiger partial charge in [0.2, 0.25) is 5.91 Å². The molecule has 0 aliphatic rings. The van der Waals surface area contributed by atoms with Crippen LogP contribution in [0.25, 0.3) is 0 Å². The molecule has 0 radical (unpaired) electrons. The van der Waals surface area contributed by atoms with Crippen LogP contribution in [0, 0.1) is 0 Å². The smallest absolute Gasteiger partial charge is 0.408 e. The molecule has 7 nitrogen and oxygen atoms in total. The van der Waals surface area contributed by atoms with E-state index in [-0.39, 0.29) is 11.2 Å². The van der Waals surface area contributed by atoms with Crippen LogP contribution in [0.5, 0.6) is 11.5 Å². The van der Waals surface area contributed by atoms with Gasteiger partial charge in [-0.2, -0.15) is 0 Å². The van der Waals surface area contributed by atoms with Crippen LogP contribution >= 0.6 is 15.9 Å². The molecule has 28 heavy (non-hydrogen) atoms. The number of nitrogens with zero attached hydrogens (tertiary/aromatic N) is 1. The second-order valence-corrected chi connectivity index (χ2v) is 8.63. The van der Waals surface area contributed by atoms with Crippen LogP contribution in [0.1, 0.15) is 40.2 Å². The number of rotatable bonds is 8. The molecule has 0 unspecified atom stereocenters. The molecule has 1 aromatic carbocycles. The Kier molecular flexibility index (Phi) is 8.60. The first-order valence-corrected chi connectivity index (χ1v) is 10.1. The van der Waals surface area contributed by atoms with Crippen molar-refractivity contribution >= 4 is 27.9 Å². The second-order valence-electron chi connectivity index (χ2n) is 8.07. The molecule has 0 spiro atoms. The van der Waals surface area contributed by atoms with Crippen molar-refractivity contribution in [2.45, 2.75) is 52.3 Å². The predicted octanol–water partition coefficient (Wildman–Crippen LogP) is 3.73. The lowest BCUT2D eigenvalue weighted by Crippen LogP contribution is -2.53. The van der Waals surface area contributed by atoms with Crippen LogP contribution in [0.4, 0.5) is 4.79 Å². The van der Waals surface area contributed by atoms with Crippen molar-refractivity contribution in [2.75, 3.05) is 26.1 Å². The van der Waals surface area contributed by atoms with E-state index in [1.807, 2.05) is 26.0 Å². The summed E-state index contributed by atoms with van der Waals surface area (Å²) in [5, 5.41) is 3.01. The Bertz CT molecular complexity index is 686. The fourth-order valence-corrected chi connectivity index (χ4v) is 2.96. The molecule has 158 valence electrons. The Morgan fingerprint density at radius 2 is 1.75 bits per heavy atom. The summed E-state index contributed by atoms with van der Waals surface area (Å²) in [6.07, 6.45) is -0.522. The van der Waals surface area contributed by atoms with E-state index in [2.05, 4.69) is 21.2 Å². The third-order valence-corrected chi connectivity index (χ3v) is 4.23. The van der Waals surface area contributed by atoms with Gasteiger partial charge in [-0.15, -0.1) is 0 Å². The highest BCUT2D eigenvalue weighted by Crippen LogP contribution is 2.26. The number of benzene rings is 1. The number of hydrogen-bond acceptors (Lipinski definition) is 5. The highest BCUT2D eigenvalue weighted by atomic mass is 79.9. The standard InChI is InChI=1S/C20H31BrN2O5/c1-19(2,3)28-18(25)22-20(4,5)13-23(17(24)11-21)12-14-8-9-15(26-6)10-16(14)27-7/h8-10H,11-13H2,1-7H3,(H,22,25). The average Bonchev–Trinajstić information content (AvgIpc) is 2.58. The Morgan fingerprint density at radius 1 is 1.11 bits per heavy atom. The molecular formula is C20H31BrN2O5. The normalized spacial score (nSPS) is 11.6. The van der Waals surface area contributed by atoms with Gasteiger partial charge in [-0.1, -0.05) is 15.9 Å². The lowest BCUT2D eigenvalue weighted by atomic mass is 10.0. The van der Waals surface area contributed by atoms with E-state index < -0.39 is 17.2 Å². The molecule has 1 aromatic rings. The highest BCUT2D eigenvalue weighted by Gasteiger charge is 2.29. The third-order valence-electron chi connectivity index (χ3n) is 3.75. The molecule has 0 fully saturated rings. The molecule has 2 amide bonds. The van der Waals surface area contributed by atoms with Crippen molar-refractivity contribution in [1.29, 1.82) is 0 Å². The van der Waals surface area contributed by atoms with E-state index in [9.17, 15) is 9.59 Å². The maximum absolute atomic E-state index is 12.5. The number of alkyl carbamates (subject to hydrolysis) is 1. The number of carbonyl (C=O) groups excluding carboxylic acids is 2. The van der Waals surface area contributed by atoms with Crippen LogP contribution in [-0.4, -0.2) is 54.1 Å². The van der Waals surface area contributed by atoms with Crippen molar-refractivity contribution in [3.05, 3.63) is 23.8 Å². The fraction of sp³-hybridized carbons (Fsp3) is 0.600. The Balaban J connectivity index is 2.97. The quantitative estimate of drug-likeness (QED) is 0.600. The summed E-state index contributed by atoms with van der Waals surface area (Å²) in [5.74, 6) is 1.20. The van der Waals surface area contributed by atoms with Crippen molar-refractivity contribution in [1.82, 2.24) is 10.2 Å². The summed E-state index contributed by atoms with van der Waals surface area (Å²) in [7, 11) is 3.16. The fourth-order valence-electron chi connectivity index (χ4n) is 2.60. The molecular weight excluding hydrogens is 428 g/mol. The molecule has 1 N–H and O–H groups in total. The van der Waals surface area contributed by atoms with Crippen LogP contribution in [-0.2, 0) is 16.1 Å². The first-order valence-electron chi connectivity index (χ1n) is 8.96. The third kappa shape index (κ3) is 7.96. The topological polar surface area (TPSA) is 77.1 Å². The van der Waals surface area contributed by atoms with E-state index >= 15 is 0 Å². The van der Waals surface area contributed by atoms with Crippen LogP contribution < -0.4 is 14.8 Å². The van der Waals surface area contributed by atoms with E-state index in [1.165, 1.54) is 0 Å². The van der Waals surface area contributed by atoms with Gasteiger partial charge in [0.15, 0.2) is 0 Å². The summed E-state index contributed by atoms with van der Waals surface area (Å²) in [5.41, 5.74) is -0.451. The Labute approximate surface area is 175 Å². The SMILES string of the molecule is COc1ccc(CN(CC(C)(C)NC(=O)OC(C)(C)C)C(=O)CBr)c(OC)c1. The summed E-state index contributed by atoms with van der Waals surface area (Å²) in [4.78, 5) is 26.3. The summed E-state index contributed by atoms with van der Waals surface area (Å²) in [6.45, 7) is 9.72. The van der Waals surface area contributed by atoms with E-state index in [0.29, 0.717) is 24.6 Å². The van der Waals surface area contributed by atoms with Crippen molar-refractivity contribution in [3.8, 4) is 11.5 Å². The second kappa shape index (κ2) is 10.0. The van der Waals surface area contributed by atoms with Gasteiger partial charge in [-0.3, -0.25) is 4.79 Å². The van der Waals surface area contributed by atoms with E-state index in [0.717, 1.165) is 5.56 Å². The lowest BCUT2D eigenvalue weighted by Gasteiger charge is -2.34. The zero-order valence-corrected chi connectivity index (χ0v) is 19.3. The van der Waals surface area contributed by atoms with Gasteiger partial charge in [0.25, 0.3) is 0 Å². The number of amides is 2. The van der Waals surface area contributed by atoms with E-state index in [4.69, 9.17) is 14.2 Å². The molecule has 0 atom stereocenters. The zero-order chi connectivity index (χ0) is 21.5. The highest BCUT2D eigenvalue weighted by molar-refractivity contribution is 9.09. The van der Waals surface area contributed by atoms with Gasteiger partial charge >= 0.3 is 6.09 Å². The first kappa shape index (κ1) is 24.1. The van der Waals surface area contributed by atoms with Crippen LogP contribution in [0.15, 0.2) is 18.2 Å². The number of carbonyl (C=O) groups is 2. The molecule has 0 saturated heterocycles. The van der Waals surface area contributed by atoms with Crippen LogP contribution in [0.2, 0.25) is 0 Å². The van der Waals surface area contributed by atoms with Crippen molar-refractivity contribution < 1.29 is 23.8 Å². The minimum Gasteiger partial charge on any atom is -0.497 e. The van der Waals surface area contributed by atoms with Crippen molar-refractivity contribution in [2.24, 2.45) is 0 Å². The average molecular weight is 459 g/mol. The van der Waals surface area contributed by atoms with Gasteiger partial charge < -0.3 is 24.4 Å². The van der Waals surface area contributed by atoms with Gasteiger partial charge in [0.05, 0.1) is 25.1 Å². The monoisotopic (exact) mass is 458 g/mol. The van der Waals surface area contributed by atoms with Gasteiger partial charge in [-0.25, -0.2) is 4.79 Å². The number of ether oxygens (including phenoxy) is 3. The van der Waals surface area contributed by atoms with Crippen molar-refractivity contribution in [3.63, 3.8) is 0 Å². The maximum atomic E-state index is 12.5. The molecule has 0 heterocycles. The Hall–Kier alpha value is -1.96. The zero-order valence-electron chi connectivity index (χ0n) is 17.7. The minimum atomic E-state index is -0.695. The molecule has 0 aliphatic heterocycles. The summed E-state index contributed by atoms with van der Waals surface area (Å²) < 4.78 is 16.0. The molecule has 0 saturated carbocycles. The molecule has 1 rings (SSSR count). The number of halogens is 1. The Morgan fingerprint density at radius 3 is 2.25 bits per heavy atom. The van der Waals surface area contributed by atoms with E-state index in [1.54, 1.807) is 46.0 Å². The number of methoxy groups -OCH3 is 2. The lowest BCUT2D eigenvalue weighted by molar-refractivity contribution is -0.129. The number of nitrogens with one attached hydrogen (secondary N) is 1. The molecule has 8 heteroatoms. The molecule has 0 aromatic heterocycles. The summed E-state index contributed by atoms with van der Waals surface area (Å²) >= 11 is 3.23. The minimum absolute atomic E-state index is 0.100. The summed E-state index contributed by atoms with van der Waals surface area (Å²) in [6, 6.07) is 5.45.